The van der Waals surface area contributed by atoms with Gasteiger partial charge in [-0.2, -0.15) is 18.3 Å². The van der Waals surface area contributed by atoms with Crippen LogP contribution >= 0.6 is 0 Å². The highest BCUT2D eigenvalue weighted by Gasteiger charge is 2.40. The summed E-state index contributed by atoms with van der Waals surface area (Å²) in [4.78, 5) is 19.7. The first kappa shape index (κ1) is 21.6. The van der Waals surface area contributed by atoms with Gasteiger partial charge in [0.25, 0.3) is 5.91 Å². The van der Waals surface area contributed by atoms with E-state index in [1.165, 1.54) is 6.07 Å². The maximum absolute atomic E-state index is 13.6. The van der Waals surface area contributed by atoms with Crippen molar-refractivity contribution in [2.45, 2.75) is 45.2 Å². The molecule has 1 atom stereocenters. The molecule has 0 radical (unpaired) electrons. The van der Waals surface area contributed by atoms with Crippen LogP contribution in [0.15, 0.2) is 30.3 Å². The Hall–Kier alpha value is -3.27. The lowest BCUT2D eigenvalue weighted by molar-refractivity contribution is -0.141. The van der Waals surface area contributed by atoms with Gasteiger partial charge in [0.15, 0.2) is 5.69 Å². The van der Waals surface area contributed by atoms with Gasteiger partial charge in [-0.15, -0.1) is 5.10 Å². The van der Waals surface area contributed by atoms with E-state index in [-0.39, 0.29) is 11.8 Å². The molecular weight excluding hydrogens is 435 g/mol. The number of alkyl halides is 3. The molecule has 0 bridgehead atoms. The Morgan fingerprint density at radius 2 is 1.94 bits per heavy atom. The summed E-state index contributed by atoms with van der Waals surface area (Å²) in [5.74, 6) is 0.348. The van der Waals surface area contributed by atoms with Gasteiger partial charge >= 0.3 is 6.18 Å². The van der Waals surface area contributed by atoms with E-state index >= 15 is 0 Å². The molecule has 1 aliphatic heterocycles. The van der Waals surface area contributed by atoms with E-state index in [4.69, 9.17) is 10.5 Å². The number of anilines is 1. The van der Waals surface area contributed by atoms with Crippen molar-refractivity contribution >= 4 is 22.6 Å². The molecule has 0 spiro atoms. The summed E-state index contributed by atoms with van der Waals surface area (Å²) >= 11 is 0. The van der Waals surface area contributed by atoms with Crippen LogP contribution in [0.4, 0.5) is 19.0 Å². The topological polar surface area (TPSA) is 94.2 Å². The quantitative estimate of drug-likeness (QED) is 0.615. The lowest BCUT2D eigenvalue weighted by Crippen LogP contribution is -2.36. The van der Waals surface area contributed by atoms with Gasteiger partial charge in [0.2, 0.25) is 0 Å². The molecule has 33 heavy (non-hydrogen) atoms. The summed E-state index contributed by atoms with van der Waals surface area (Å²) in [6.07, 6.45) is -2.81. The monoisotopic (exact) mass is 457 g/mol. The fourth-order valence-corrected chi connectivity index (χ4v) is 4.46. The first-order chi connectivity index (χ1) is 15.8. The number of halogens is 3. The average molecular weight is 457 g/mol. The summed E-state index contributed by atoms with van der Waals surface area (Å²) in [5, 5.41) is 8.04. The average Bonchev–Trinajstić information content (AvgIpc) is 3.50. The van der Waals surface area contributed by atoms with Crippen molar-refractivity contribution in [3.63, 3.8) is 0 Å². The molecule has 0 saturated heterocycles. The van der Waals surface area contributed by atoms with Crippen LogP contribution in [0.3, 0.4) is 0 Å². The predicted molar refractivity (Wildman–Crippen MR) is 114 cm³/mol. The second-order valence-corrected chi connectivity index (χ2v) is 8.39. The number of nitrogen functional groups attached to an aromatic ring is 1. The molecule has 172 valence electrons. The van der Waals surface area contributed by atoms with Gasteiger partial charge in [0.1, 0.15) is 5.82 Å². The number of nitrogens with zero attached hydrogens (tertiary/aromatic N) is 4. The molecule has 0 unspecified atom stereocenters. The lowest BCUT2D eigenvalue weighted by atomic mass is 10.0. The largest absolute Gasteiger partial charge is 0.435 e. The van der Waals surface area contributed by atoms with Crippen molar-refractivity contribution in [1.82, 2.24) is 20.1 Å². The summed E-state index contributed by atoms with van der Waals surface area (Å²) in [6.45, 7) is 3.01. The first-order valence-corrected chi connectivity index (χ1v) is 10.8. The standard InChI is InChI=1S/C23H22F3N5O2/c1-2-31(20(12-3-4-12)18-7-8-19(30-29-18)23(24,25)26)22(32)13-5-6-17-14(9-13)15-10-33-11-16(15)21(27)28-17/h5-9,12,20H,2-4,10-11H2,1H3,(H2,27,28)/t20-/m1/s1. The van der Waals surface area contributed by atoms with Crippen LogP contribution in [0.25, 0.3) is 10.9 Å². The maximum atomic E-state index is 13.6. The van der Waals surface area contributed by atoms with Crippen molar-refractivity contribution in [2.24, 2.45) is 5.92 Å². The van der Waals surface area contributed by atoms with Gasteiger partial charge in [0, 0.05) is 23.1 Å². The molecule has 3 aromatic rings. The van der Waals surface area contributed by atoms with E-state index in [1.54, 1.807) is 23.1 Å². The van der Waals surface area contributed by atoms with E-state index in [1.807, 2.05) is 6.92 Å². The lowest BCUT2D eigenvalue weighted by Gasteiger charge is -2.30. The van der Waals surface area contributed by atoms with Crippen molar-refractivity contribution in [2.75, 3.05) is 12.3 Å². The predicted octanol–water partition coefficient (Wildman–Crippen LogP) is 4.27. The number of hydrogen-bond donors (Lipinski definition) is 1. The van der Waals surface area contributed by atoms with Crippen LogP contribution in [0.5, 0.6) is 0 Å². The van der Waals surface area contributed by atoms with Crippen molar-refractivity contribution < 1.29 is 22.7 Å². The Morgan fingerprint density at radius 1 is 1.18 bits per heavy atom. The summed E-state index contributed by atoms with van der Waals surface area (Å²) in [5.41, 5.74) is 8.28. The van der Waals surface area contributed by atoms with Gasteiger partial charge < -0.3 is 15.4 Å². The Bertz CT molecular complexity index is 1230. The molecule has 1 aliphatic carbocycles. The molecule has 2 aromatic heterocycles. The Labute approximate surface area is 187 Å². The fraction of sp³-hybridized carbons (Fsp3) is 0.391. The highest BCUT2D eigenvalue weighted by atomic mass is 19.4. The van der Waals surface area contributed by atoms with Crippen molar-refractivity contribution in [3.8, 4) is 0 Å². The molecule has 2 N–H and O–H groups in total. The number of ether oxygens (including phenoxy) is 1. The molecule has 1 fully saturated rings. The fourth-order valence-electron chi connectivity index (χ4n) is 4.46. The van der Waals surface area contributed by atoms with Crippen LogP contribution in [0.1, 0.15) is 58.7 Å². The second-order valence-electron chi connectivity index (χ2n) is 8.39. The van der Waals surface area contributed by atoms with Gasteiger partial charge in [-0.25, -0.2) is 4.98 Å². The molecule has 1 aromatic carbocycles. The van der Waals surface area contributed by atoms with Gasteiger partial charge in [0.05, 0.1) is 30.5 Å². The third-order valence-corrected chi connectivity index (χ3v) is 6.26. The Morgan fingerprint density at radius 3 is 2.58 bits per heavy atom. The van der Waals surface area contributed by atoms with Crippen LogP contribution < -0.4 is 5.73 Å². The number of hydrogen-bond acceptors (Lipinski definition) is 6. The third kappa shape index (κ3) is 3.88. The van der Waals surface area contributed by atoms with E-state index in [0.717, 1.165) is 35.4 Å². The second kappa shape index (κ2) is 7.95. The SMILES string of the molecule is CCN(C(=O)c1ccc2nc(N)c3c(c2c1)COC3)[C@@H](c1ccc(C(F)(F)F)nn1)C1CC1. The molecule has 3 heterocycles. The first-order valence-electron chi connectivity index (χ1n) is 10.8. The minimum absolute atomic E-state index is 0.138. The van der Waals surface area contributed by atoms with E-state index in [9.17, 15) is 18.0 Å². The number of rotatable bonds is 5. The zero-order valence-corrected chi connectivity index (χ0v) is 17.9. The van der Waals surface area contributed by atoms with Crippen LogP contribution in [0.2, 0.25) is 0 Å². The smallest absolute Gasteiger partial charge is 0.383 e. The number of benzene rings is 1. The Kier molecular flexibility index (Phi) is 5.19. The highest BCUT2D eigenvalue weighted by molar-refractivity contribution is 5.99. The highest BCUT2D eigenvalue weighted by Crippen LogP contribution is 2.44. The number of carbonyl (C=O) groups excluding carboxylic acids is 1. The van der Waals surface area contributed by atoms with Crippen LogP contribution in [-0.4, -0.2) is 32.5 Å². The number of fused-ring (bicyclic) bond motifs is 3. The minimum Gasteiger partial charge on any atom is -0.383 e. The summed E-state index contributed by atoms with van der Waals surface area (Å²) < 4.78 is 44.3. The van der Waals surface area contributed by atoms with Gasteiger partial charge in [-0.05, 0) is 61.6 Å². The normalized spacial score (nSPS) is 16.6. The number of amides is 1. The molecule has 5 rings (SSSR count). The zero-order valence-electron chi connectivity index (χ0n) is 17.9. The molecule has 7 nitrogen and oxygen atoms in total. The number of pyridine rings is 1. The maximum Gasteiger partial charge on any atom is 0.435 e. The zero-order chi connectivity index (χ0) is 23.3. The van der Waals surface area contributed by atoms with E-state index < -0.39 is 17.9 Å². The molecule has 10 heteroatoms. The van der Waals surface area contributed by atoms with E-state index in [0.29, 0.717) is 42.4 Å². The number of aromatic nitrogens is 3. The molecular formula is C23H22F3N5O2. The molecule has 1 amide bonds. The number of nitrogens with two attached hydrogens (primary N) is 1. The Balaban J connectivity index is 1.50. The van der Waals surface area contributed by atoms with Crippen LogP contribution in [-0.2, 0) is 24.1 Å². The third-order valence-electron chi connectivity index (χ3n) is 6.26. The van der Waals surface area contributed by atoms with Crippen LogP contribution in [0, 0.1) is 5.92 Å². The molecule has 2 aliphatic rings. The van der Waals surface area contributed by atoms with Gasteiger partial charge in [-0.3, -0.25) is 4.79 Å². The van der Waals surface area contributed by atoms with Crippen molar-refractivity contribution in [1.29, 1.82) is 0 Å². The molecule has 1 saturated carbocycles. The van der Waals surface area contributed by atoms with E-state index in [2.05, 4.69) is 15.2 Å². The van der Waals surface area contributed by atoms with Crippen molar-refractivity contribution in [3.05, 3.63) is 58.4 Å². The summed E-state index contributed by atoms with van der Waals surface area (Å²) in [7, 11) is 0. The summed E-state index contributed by atoms with van der Waals surface area (Å²) in [6, 6.07) is 7.06. The minimum atomic E-state index is -4.56. The number of carbonyl (C=O) groups is 1. The van der Waals surface area contributed by atoms with Gasteiger partial charge in [-0.1, -0.05) is 0 Å².